The van der Waals surface area contributed by atoms with E-state index < -0.39 is 9.84 Å². The lowest BCUT2D eigenvalue weighted by Crippen LogP contribution is -2.42. The van der Waals surface area contributed by atoms with E-state index in [1.165, 1.54) is 5.41 Å². The van der Waals surface area contributed by atoms with Gasteiger partial charge < -0.3 is 19.7 Å². The van der Waals surface area contributed by atoms with E-state index >= 15 is 0 Å². The SMILES string of the molecule is O=C(Nc1ccc2c(c1)OCO2)C1CCN(C(=O)C[C@@H]2C=CS(=O)(=O)C2)CC1. The van der Waals surface area contributed by atoms with Crippen molar-refractivity contribution in [3.05, 3.63) is 29.7 Å². The summed E-state index contributed by atoms with van der Waals surface area (Å²) in [5.41, 5.74) is 0.655. The van der Waals surface area contributed by atoms with E-state index in [-0.39, 0.29) is 42.6 Å². The maximum absolute atomic E-state index is 12.5. The minimum atomic E-state index is -3.15. The molecule has 0 spiro atoms. The molecule has 3 aliphatic heterocycles. The second kappa shape index (κ2) is 7.46. The number of piperidine rings is 1. The van der Waals surface area contributed by atoms with E-state index in [0.29, 0.717) is 43.1 Å². The summed E-state index contributed by atoms with van der Waals surface area (Å²) < 4.78 is 33.5. The molecule has 1 N–H and O–H groups in total. The molecule has 3 aliphatic rings. The summed E-state index contributed by atoms with van der Waals surface area (Å²) in [6, 6.07) is 5.27. The molecule has 4 rings (SSSR count). The number of benzene rings is 1. The first-order valence-corrected chi connectivity index (χ1v) is 11.0. The van der Waals surface area contributed by atoms with E-state index in [4.69, 9.17) is 9.47 Å². The third-order valence-corrected chi connectivity index (χ3v) is 6.76. The number of carbonyl (C=O) groups is 2. The maximum Gasteiger partial charge on any atom is 0.231 e. The molecule has 28 heavy (non-hydrogen) atoms. The molecule has 2 amide bonds. The van der Waals surface area contributed by atoms with Gasteiger partial charge in [0.15, 0.2) is 21.3 Å². The number of hydrogen-bond acceptors (Lipinski definition) is 6. The van der Waals surface area contributed by atoms with Crippen LogP contribution in [0, 0.1) is 11.8 Å². The molecule has 1 fully saturated rings. The van der Waals surface area contributed by atoms with Crippen LogP contribution in [0.1, 0.15) is 19.3 Å². The number of rotatable bonds is 4. The van der Waals surface area contributed by atoms with Crippen LogP contribution in [0.15, 0.2) is 29.7 Å². The second-order valence-corrected chi connectivity index (χ2v) is 9.27. The average molecular weight is 406 g/mol. The van der Waals surface area contributed by atoms with Gasteiger partial charge in [-0.3, -0.25) is 9.59 Å². The average Bonchev–Trinajstić information content (AvgIpc) is 3.27. The van der Waals surface area contributed by atoms with Gasteiger partial charge >= 0.3 is 0 Å². The van der Waals surface area contributed by atoms with Crippen LogP contribution in [-0.4, -0.2) is 50.8 Å². The molecule has 0 aliphatic carbocycles. The number of likely N-dealkylation sites (tertiary alicyclic amines) is 1. The Morgan fingerprint density at radius 1 is 1.14 bits per heavy atom. The number of amides is 2. The van der Waals surface area contributed by atoms with Crippen LogP contribution in [0.25, 0.3) is 0 Å². The quantitative estimate of drug-likeness (QED) is 0.814. The van der Waals surface area contributed by atoms with Gasteiger partial charge in [0.05, 0.1) is 5.75 Å². The molecule has 1 saturated heterocycles. The predicted octanol–water partition coefficient (Wildman–Crippen LogP) is 1.54. The van der Waals surface area contributed by atoms with E-state index in [1.807, 2.05) is 0 Å². The third-order valence-electron chi connectivity index (χ3n) is 5.30. The molecule has 8 nitrogen and oxygen atoms in total. The minimum Gasteiger partial charge on any atom is -0.454 e. The van der Waals surface area contributed by atoms with E-state index in [0.717, 1.165) is 0 Å². The Balaban J connectivity index is 1.26. The molecular weight excluding hydrogens is 384 g/mol. The number of sulfone groups is 1. The van der Waals surface area contributed by atoms with Gasteiger partial charge in [0.25, 0.3) is 0 Å². The lowest BCUT2D eigenvalue weighted by molar-refractivity contribution is -0.135. The summed E-state index contributed by atoms with van der Waals surface area (Å²) >= 11 is 0. The van der Waals surface area contributed by atoms with E-state index in [2.05, 4.69) is 5.32 Å². The van der Waals surface area contributed by atoms with Crippen LogP contribution < -0.4 is 14.8 Å². The third kappa shape index (κ3) is 4.14. The molecule has 9 heteroatoms. The summed E-state index contributed by atoms with van der Waals surface area (Å²) in [6.07, 6.45) is 2.96. The highest BCUT2D eigenvalue weighted by Gasteiger charge is 2.30. The monoisotopic (exact) mass is 406 g/mol. The molecule has 1 aromatic carbocycles. The molecule has 0 bridgehead atoms. The molecule has 1 aromatic rings. The van der Waals surface area contributed by atoms with Crippen molar-refractivity contribution in [1.82, 2.24) is 4.90 Å². The van der Waals surface area contributed by atoms with Crippen LogP contribution in [0.4, 0.5) is 5.69 Å². The molecule has 0 unspecified atom stereocenters. The number of hydrogen-bond donors (Lipinski definition) is 1. The van der Waals surface area contributed by atoms with Gasteiger partial charge in [-0.15, -0.1) is 0 Å². The molecule has 1 atom stereocenters. The Hall–Kier alpha value is -2.55. The van der Waals surface area contributed by atoms with Crippen LogP contribution in [-0.2, 0) is 19.4 Å². The molecule has 0 saturated carbocycles. The normalized spacial score (nSPS) is 23.0. The highest BCUT2D eigenvalue weighted by molar-refractivity contribution is 7.94. The second-order valence-electron chi connectivity index (χ2n) is 7.33. The van der Waals surface area contributed by atoms with Gasteiger partial charge in [0.1, 0.15) is 0 Å². The van der Waals surface area contributed by atoms with E-state index in [1.54, 1.807) is 29.2 Å². The largest absolute Gasteiger partial charge is 0.454 e. The number of nitrogens with zero attached hydrogens (tertiary/aromatic N) is 1. The van der Waals surface area contributed by atoms with Crippen LogP contribution in [0.5, 0.6) is 11.5 Å². The number of ether oxygens (including phenoxy) is 2. The molecule has 150 valence electrons. The Morgan fingerprint density at radius 2 is 1.89 bits per heavy atom. The van der Waals surface area contributed by atoms with Crippen LogP contribution >= 0.6 is 0 Å². The fourth-order valence-corrected chi connectivity index (χ4v) is 5.13. The van der Waals surface area contributed by atoms with Crippen molar-refractivity contribution in [2.45, 2.75) is 19.3 Å². The molecule has 3 heterocycles. The lowest BCUT2D eigenvalue weighted by atomic mass is 9.95. The minimum absolute atomic E-state index is 0.00709. The summed E-state index contributed by atoms with van der Waals surface area (Å²) in [7, 11) is -3.15. The summed E-state index contributed by atoms with van der Waals surface area (Å²) in [5, 5.41) is 4.09. The Kier molecular flexibility index (Phi) is 5.01. The van der Waals surface area contributed by atoms with Crippen molar-refractivity contribution < 1.29 is 27.5 Å². The highest BCUT2D eigenvalue weighted by Crippen LogP contribution is 2.34. The zero-order valence-corrected chi connectivity index (χ0v) is 16.1. The van der Waals surface area contributed by atoms with Crippen molar-refractivity contribution in [2.24, 2.45) is 11.8 Å². The van der Waals surface area contributed by atoms with Crippen molar-refractivity contribution in [3.63, 3.8) is 0 Å². The smallest absolute Gasteiger partial charge is 0.231 e. The van der Waals surface area contributed by atoms with Gasteiger partial charge in [0, 0.05) is 48.5 Å². The van der Waals surface area contributed by atoms with Gasteiger partial charge in [0.2, 0.25) is 18.6 Å². The van der Waals surface area contributed by atoms with E-state index in [9.17, 15) is 18.0 Å². The standard InChI is InChI=1S/C19H22N2O6S/c22-18(9-13-5-8-28(24,25)11-13)21-6-3-14(4-7-21)19(23)20-15-1-2-16-17(10-15)27-12-26-16/h1-2,5,8,10,13-14H,3-4,6-7,9,11-12H2,(H,20,23)/t13-/m0/s1. The molecular formula is C19H22N2O6S. The topological polar surface area (TPSA) is 102 Å². The fraction of sp³-hybridized carbons (Fsp3) is 0.474. The zero-order chi connectivity index (χ0) is 19.7. The summed E-state index contributed by atoms with van der Waals surface area (Å²) in [4.78, 5) is 26.7. The zero-order valence-electron chi connectivity index (χ0n) is 15.3. The van der Waals surface area contributed by atoms with Gasteiger partial charge in [-0.05, 0) is 25.0 Å². The summed E-state index contributed by atoms with van der Waals surface area (Å²) in [6.45, 7) is 1.18. The van der Waals surface area contributed by atoms with Crippen molar-refractivity contribution >= 4 is 27.3 Å². The maximum atomic E-state index is 12.5. The van der Waals surface area contributed by atoms with Gasteiger partial charge in [-0.1, -0.05) is 6.08 Å². The first-order valence-electron chi connectivity index (χ1n) is 9.29. The Labute approximate surface area is 163 Å². The Bertz CT molecular complexity index is 918. The first-order chi connectivity index (χ1) is 13.4. The molecule has 0 aromatic heterocycles. The number of allylic oxidation sites excluding steroid dienone is 1. The van der Waals surface area contributed by atoms with Crippen LogP contribution in [0.2, 0.25) is 0 Å². The number of anilines is 1. The van der Waals surface area contributed by atoms with Gasteiger partial charge in [-0.2, -0.15) is 0 Å². The molecule has 0 radical (unpaired) electrons. The van der Waals surface area contributed by atoms with Gasteiger partial charge in [-0.25, -0.2) is 8.42 Å². The van der Waals surface area contributed by atoms with Crippen molar-refractivity contribution in [3.8, 4) is 11.5 Å². The fourth-order valence-electron chi connectivity index (χ4n) is 3.73. The Morgan fingerprint density at radius 3 is 2.61 bits per heavy atom. The summed E-state index contributed by atoms with van der Waals surface area (Å²) in [5.74, 6) is 0.742. The van der Waals surface area contributed by atoms with Crippen molar-refractivity contribution in [2.75, 3.05) is 31.0 Å². The highest BCUT2D eigenvalue weighted by atomic mass is 32.2. The van der Waals surface area contributed by atoms with Crippen molar-refractivity contribution in [1.29, 1.82) is 0 Å². The van der Waals surface area contributed by atoms with Crippen LogP contribution in [0.3, 0.4) is 0 Å². The number of carbonyl (C=O) groups excluding carboxylic acids is 2. The first kappa shape index (κ1) is 18.8. The number of nitrogens with one attached hydrogen (secondary N) is 1. The number of fused-ring (bicyclic) bond motifs is 1. The lowest BCUT2D eigenvalue weighted by Gasteiger charge is -2.32. The predicted molar refractivity (Wildman–Crippen MR) is 102 cm³/mol.